The molecule has 0 saturated heterocycles. The largest absolute Gasteiger partial charge is 0.490 e. The van der Waals surface area contributed by atoms with E-state index in [1.165, 1.54) is 0 Å². The lowest BCUT2D eigenvalue weighted by atomic mass is 9.85. The molecule has 13 heteroatoms. The van der Waals surface area contributed by atoms with Crippen molar-refractivity contribution in [2.75, 3.05) is 0 Å². The quantitative estimate of drug-likeness (QED) is 0.358. The van der Waals surface area contributed by atoms with Crippen molar-refractivity contribution in [2.24, 2.45) is 11.7 Å². The van der Waals surface area contributed by atoms with Gasteiger partial charge < -0.3 is 24.9 Å². The number of carboxylic acids is 1. The first-order valence-corrected chi connectivity index (χ1v) is 12.3. The van der Waals surface area contributed by atoms with Crippen LogP contribution in [0.15, 0.2) is 41.2 Å². The van der Waals surface area contributed by atoms with Crippen LogP contribution >= 0.6 is 0 Å². The second-order valence-electron chi connectivity index (χ2n) is 9.75. The molecule has 212 valence electrons. The summed E-state index contributed by atoms with van der Waals surface area (Å²) in [6.07, 6.45) is -4.98. The molecule has 0 radical (unpaired) electrons. The predicted octanol–water partition coefficient (Wildman–Crippen LogP) is 3.25. The number of cyclic esters (lactones) is 1. The molecule has 0 amide bonds. The molecule has 0 bridgehead atoms. The Labute approximate surface area is 225 Å². The van der Waals surface area contributed by atoms with Gasteiger partial charge >= 0.3 is 24.1 Å². The molecule has 0 fully saturated rings. The molecule has 2 atom stereocenters. The number of esters is 2. The first-order chi connectivity index (χ1) is 18.7. The lowest BCUT2D eigenvalue weighted by Gasteiger charge is -2.36. The fourth-order valence-corrected chi connectivity index (χ4v) is 4.59. The van der Waals surface area contributed by atoms with Gasteiger partial charge in [-0.15, -0.1) is 0 Å². The van der Waals surface area contributed by atoms with Crippen molar-refractivity contribution in [2.45, 2.75) is 58.2 Å². The molecule has 3 N–H and O–H groups in total. The molecular weight excluding hydrogens is 535 g/mol. The van der Waals surface area contributed by atoms with Gasteiger partial charge in [-0.05, 0) is 30.5 Å². The van der Waals surface area contributed by atoms with Gasteiger partial charge in [-0.2, -0.15) is 13.2 Å². The normalized spacial score (nSPS) is 18.1. The molecular formula is C27H26F3N3O7. The van der Waals surface area contributed by atoms with Gasteiger partial charge in [-0.25, -0.2) is 14.6 Å². The van der Waals surface area contributed by atoms with Crippen molar-refractivity contribution < 1.29 is 42.1 Å². The molecule has 5 rings (SSSR count). The number of aliphatic carboxylic acids is 1. The smallest absolute Gasteiger partial charge is 0.475 e. The fourth-order valence-electron chi connectivity index (χ4n) is 4.59. The molecule has 0 spiro atoms. The van der Waals surface area contributed by atoms with Gasteiger partial charge in [-0.3, -0.25) is 9.59 Å². The van der Waals surface area contributed by atoms with E-state index in [9.17, 15) is 27.6 Å². The average Bonchev–Trinajstić information content (AvgIpc) is 3.26. The molecule has 2 aromatic heterocycles. The van der Waals surface area contributed by atoms with Gasteiger partial charge in [-0.1, -0.05) is 39.0 Å². The number of hydrogen-bond acceptors (Lipinski definition) is 8. The Morgan fingerprint density at radius 2 is 1.88 bits per heavy atom. The molecule has 0 saturated carbocycles. The zero-order chi connectivity index (χ0) is 29.6. The number of carboxylic acid groups (broad SMARTS) is 1. The van der Waals surface area contributed by atoms with Crippen LogP contribution in [-0.4, -0.2) is 44.8 Å². The highest BCUT2D eigenvalue weighted by molar-refractivity contribution is 5.89. The zero-order valence-corrected chi connectivity index (χ0v) is 21.7. The van der Waals surface area contributed by atoms with Crippen LogP contribution in [0, 0.1) is 5.92 Å². The van der Waals surface area contributed by atoms with Crippen LogP contribution < -0.4 is 11.3 Å². The van der Waals surface area contributed by atoms with E-state index in [1.807, 2.05) is 30.3 Å². The number of carbonyl (C=O) groups excluding carboxylic acids is 2. The molecule has 1 aromatic carbocycles. The van der Waals surface area contributed by atoms with Gasteiger partial charge in [0.05, 0.1) is 29.0 Å². The standard InChI is InChI=1S/C25H25N3O5.C2HF3O2/c1-4-25(33-23(30)20(26)13(2)3)17-10-19-21-15(9-14-7-5-6-8-18(14)27-21)11-28(19)22(29)16(17)12-32-24(25)31;3-2(4,5)1(6)7/h5-10,13,20H,4,11-12,26H2,1-3H3;(H,6,7)/t20-,25?;/m0./s1. The summed E-state index contributed by atoms with van der Waals surface area (Å²) >= 11 is 0. The van der Waals surface area contributed by atoms with Crippen molar-refractivity contribution in [1.29, 1.82) is 0 Å². The van der Waals surface area contributed by atoms with Gasteiger partial charge in [0.2, 0.25) is 5.60 Å². The third-order valence-electron chi connectivity index (χ3n) is 6.89. The number of para-hydroxylation sites is 1. The summed E-state index contributed by atoms with van der Waals surface area (Å²) in [6, 6.07) is 10.6. The van der Waals surface area contributed by atoms with Crippen LogP contribution in [0.4, 0.5) is 13.2 Å². The third-order valence-corrected chi connectivity index (χ3v) is 6.89. The summed E-state index contributed by atoms with van der Waals surface area (Å²) in [5.74, 6) is -4.34. The highest BCUT2D eigenvalue weighted by atomic mass is 19.4. The van der Waals surface area contributed by atoms with Gasteiger partial charge in [0.25, 0.3) is 5.56 Å². The molecule has 2 aliphatic heterocycles. The molecule has 4 heterocycles. The van der Waals surface area contributed by atoms with Crippen molar-refractivity contribution in [3.05, 3.63) is 63.4 Å². The lowest BCUT2D eigenvalue weighted by molar-refractivity contribution is -0.192. The Morgan fingerprint density at radius 3 is 2.48 bits per heavy atom. The number of pyridine rings is 2. The number of fused-ring (bicyclic) bond motifs is 5. The highest BCUT2D eigenvalue weighted by Crippen LogP contribution is 2.41. The van der Waals surface area contributed by atoms with E-state index in [0.29, 0.717) is 29.1 Å². The average molecular weight is 562 g/mol. The van der Waals surface area contributed by atoms with Crippen LogP contribution in [0.1, 0.15) is 43.9 Å². The molecule has 0 aliphatic carbocycles. The van der Waals surface area contributed by atoms with Crippen LogP contribution in [0.2, 0.25) is 0 Å². The highest BCUT2D eigenvalue weighted by Gasteiger charge is 2.51. The maximum Gasteiger partial charge on any atom is 0.490 e. The third kappa shape index (κ3) is 4.92. The fraction of sp³-hybridized carbons (Fsp3) is 0.370. The Hall–Kier alpha value is -4.26. The Kier molecular flexibility index (Phi) is 7.45. The summed E-state index contributed by atoms with van der Waals surface area (Å²) in [6.45, 7) is 5.51. The second kappa shape index (κ2) is 10.4. The predicted molar refractivity (Wildman–Crippen MR) is 135 cm³/mol. The topological polar surface area (TPSA) is 151 Å². The minimum absolute atomic E-state index is 0.107. The van der Waals surface area contributed by atoms with Crippen molar-refractivity contribution in [1.82, 2.24) is 9.55 Å². The van der Waals surface area contributed by atoms with Crippen LogP contribution in [-0.2, 0) is 42.6 Å². The molecule has 2 aliphatic rings. The van der Waals surface area contributed by atoms with Crippen LogP contribution in [0.5, 0.6) is 0 Å². The van der Waals surface area contributed by atoms with Gasteiger partial charge in [0, 0.05) is 16.5 Å². The number of carbonyl (C=O) groups is 3. The lowest BCUT2D eigenvalue weighted by Crippen LogP contribution is -2.50. The number of alkyl halides is 3. The van der Waals surface area contributed by atoms with E-state index in [0.717, 1.165) is 16.5 Å². The van der Waals surface area contributed by atoms with E-state index in [2.05, 4.69) is 0 Å². The number of hydrogen-bond donors (Lipinski definition) is 2. The first-order valence-electron chi connectivity index (χ1n) is 12.3. The Morgan fingerprint density at radius 1 is 1.23 bits per heavy atom. The minimum Gasteiger partial charge on any atom is -0.475 e. The minimum atomic E-state index is -5.08. The Balaban J connectivity index is 0.000000470. The van der Waals surface area contributed by atoms with Crippen molar-refractivity contribution in [3.8, 4) is 11.4 Å². The van der Waals surface area contributed by atoms with Crippen molar-refractivity contribution >= 4 is 28.8 Å². The number of rotatable bonds is 4. The molecule has 1 unspecified atom stereocenters. The first kappa shape index (κ1) is 28.7. The summed E-state index contributed by atoms with van der Waals surface area (Å²) in [5.41, 5.74) is 7.65. The number of ether oxygens (including phenoxy) is 2. The second-order valence-corrected chi connectivity index (χ2v) is 9.75. The van der Waals surface area contributed by atoms with Crippen LogP contribution in [0.3, 0.4) is 0 Å². The van der Waals surface area contributed by atoms with E-state index in [1.54, 1.807) is 31.4 Å². The molecule has 40 heavy (non-hydrogen) atoms. The monoisotopic (exact) mass is 561 g/mol. The molecule has 3 aromatic rings. The number of nitrogens with zero attached hydrogens (tertiary/aromatic N) is 2. The van der Waals surface area contributed by atoms with Crippen molar-refractivity contribution in [3.63, 3.8) is 0 Å². The summed E-state index contributed by atoms with van der Waals surface area (Å²) in [7, 11) is 0. The number of aromatic nitrogens is 2. The summed E-state index contributed by atoms with van der Waals surface area (Å²) in [5, 5.41) is 8.11. The number of benzene rings is 1. The SMILES string of the molecule is CCC1(OC(=O)[C@@H](N)C(C)C)C(=O)OCc2c1cc1n(c2=O)Cc2cc3ccccc3nc2-1.O=C(O)C(F)(F)F. The summed E-state index contributed by atoms with van der Waals surface area (Å²) < 4.78 is 44.5. The maximum absolute atomic E-state index is 13.5. The zero-order valence-electron chi connectivity index (χ0n) is 21.7. The van der Waals surface area contributed by atoms with E-state index >= 15 is 0 Å². The number of nitrogens with two attached hydrogens (primary N) is 1. The van der Waals surface area contributed by atoms with E-state index in [-0.39, 0.29) is 24.5 Å². The summed E-state index contributed by atoms with van der Waals surface area (Å²) in [4.78, 5) is 53.0. The van der Waals surface area contributed by atoms with Crippen LogP contribution in [0.25, 0.3) is 22.3 Å². The Bertz CT molecular complexity index is 1580. The molecule has 10 nitrogen and oxygen atoms in total. The van der Waals surface area contributed by atoms with E-state index in [4.69, 9.17) is 30.1 Å². The van der Waals surface area contributed by atoms with E-state index < -0.39 is 35.7 Å². The maximum atomic E-state index is 13.5. The van der Waals surface area contributed by atoms with Gasteiger partial charge in [0.1, 0.15) is 12.6 Å². The van der Waals surface area contributed by atoms with Gasteiger partial charge in [0.15, 0.2) is 0 Å². The number of halogens is 3.